The molecule has 2 heterocycles. The van der Waals surface area contributed by atoms with Crippen molar-refractivity contribution in [1.29, 1.82) is 0 Å². The summed E-state index contributed by atoms with van der Waals surface area (Å²) >= 11 is 1.68. The van der Waals surface area contributed by atoms with E-state index in [0.29, 0.717) is 6.54 Å². The molecule has 2 aromatic rings. The summed E-state index contributed by atoms with van der Waals surface area (Å²) < 4.78 is 10.3. The highest BCUT2D eigenvalue weighted by atomic mass is 32.1. The molecule has 5 heteroatoms. The molecule has 0 spiro atoms. The third-order valence-corrected chi connectivity index (χ3v) is 3.89. The largest absolute Gasteiger partial charge is 0.472 e. The van der Waals surface area contributed by atoms with Gasteiger partial charge in [-0.25, -0.2) is 0 Å². The zero-order valence-corrected chi connectivity index (χ0v) is 12.3. The number of carbonyl (C=O) groups excluding carboxylic acids is 1. The van der Waals surface area contributed by atoms with Gasteiger partial charge < -0.3 is 14.5 Å². The van der Waals surface area contributed by atoms with Crippen LogP contribution in [-0.4, -0.2) is 19.6 Å². The fourth-order valence-corrected chi connectivity index (χ4v) is 2.68. The van der Waals surface area contributed by atoms with E-state index < -0.39 is 0 Å². The van der Waals surface area contributed by atoms with Crippen LogP contribution in [0.5, 0.6) is 0 Å². The second kappa shape index (κ2) is 7.07. The number of thiophene rings is 1. The van der Waals surface area contributed by atoms with Crippen LogP contribution in [0.15, 0.2) is 41.2 Å². The molecule has 0 aliphatic rings. The van der Waals surface area contributed by atoms with Crippen molar-refractivity contribution in [3.05, 3.63) is 52.1 Å². The lowest BCUT2D eigenvalue weighted by molar-refractivity contribution is -0.117. The monoisotopic (exact) mass is 291 g/mol. The summed E-state index contributed by atoms with van der Waals surface area (Å²) in [4.78, 5) is 14.1. The van der Waals surface area contributed by atoms with Crippen LogP contribution >= 0.6 is 11.3 Å². The van der Waals surface area contributed by atoms with E-state index in [9.17, 15) is 4.79 Å². The first-order valence-electron chi connectivity index (χ1n) is 6.26. The average molecular weight is 291 g/mol. The van der Waals surface area contributed by atoms with E-state index in [0.717, 1.165) is 10.4 Å². The van der Waals surface area contributed by atoms with Gasteiger partial charge in [0.15, 0.2) is 0 Å². The lowest BCUT2D eigenvalue weighted by Crippen LogP contribution is -2.27. The van der Waals surface area contributed by atoms with E-state index in [-0.39, 0.29) is 12.0 Å². The number of nitrogens with one attached hydrogen (secondary N) is 1. The molecule has 4 nitrogen and oxygen atoms in total. The Morgan fingerprint density at radius 2 is 2.35 bits per heavy atom. The Morgan fingerprint density at radius 1 is 1.50 bits per heavy atom. The summed E-state index contributed by atoms with van der Waals surface area (Å²) in [5.41, 5.74) is 0.859. The Hall–Kier alpha value is -1.85. The lowest BCUT2D eigenvalue weighted by Gasteiger charge is -2.13. The van der Waals surface area contributed by atoms with Gasteiger partial charge >= 0.3 is 0 Å². The summed E-state index contributed by atoms with van der Waals surface area (Å²) in [5, 5.41) is 2.83. The van der Waals surface area contributed by atoms with E-state index in [1.54, 1.807) is 43.1 Å². The number of hydrogen-bond donors (Lipinski definition) is 1. The molecular formula is C15H17NO3S. The maximum Gasteiger partial charge on any atom is 0.244 e. The fourth-order valence-electron chi connectivity index (χ4n) is 1.72. The van der Waals surface area contributed by atoms with Gasteiger partial charge in [0.1, 0.15) is 6.10 Å². The molecular weight excluding hydrogens is 274 g/mol. The van der Waals surface area contributed by atoms with Gasteiger partial charge in [-0.2, -0.15) is 0 Å². The first-order chi connectivity index (χ1) is 9.69. The van der Waals surface area contributed by atoms with Crippen molar-refractivity contribution in [2.45, 2.75) is 13.0 Å². The molecule has 0 saturated heterocycles. The molecule has 0 radical (unpaired) electrons. The number of carbonyl (C=O) groups is 1. The molecule has 2 rings (SSSR count). The molecule has 106 valence electrons. The molecule has 1 amide bonds. The molecule has 2 aromatic heterocycles. The number of aryl methyl sites for hydroxylation is 1. The Morgan fingerprint density at radius 3 is 2.95 bits per heavy atom. The molecule has 0 aliphatic heterocycles. The topological polar surface area (TPSA) is 51.5 Å². The number of amides is 1. The summed E-state index contributed by atoms with van der Waals surface area (Å²) in [6.07, 6.45) is 6.22. The van der Waals surface area contributed by atoms with Crippen molar-refractivity contribution < 1.29 is 13.9 Å². The zero-order valence-electron chi connectivity index (χ0n) is 11.5. The first kappa shape index (κ1) is 14.6. The number of methoxy groups -OCH3 is 1. The molecule has 0 aliphatic carbocycles. The normalized spacial score (nSPS) is 12.7. The van der Waals surface area contributed by atoms with Crippen molar-refractivity contribution in [2.24, 2.45) is 0 Å². The molecule has 0 bridgehead atoms. The van der Waals surface area contributed by atoms with Crippen molar-refractivity contribution in [3.8, 4) is 0 Å². The molecule has 0 aromatic carbocycles. The highest BCUT2D eigenvalue weighted by Gasteiger charge is 2.13. The van der Waals surface area contributed by atoms with Gasteiger partial charge in [0.25, 0.3) is 0 Å². The van der Waals surface area contributed by atoms with E-state index in [1.165, 1.54) is 11.0 Å². The number of hydrogen-bond acceptors (Lipinski definition) is 4. The van der Waals surface area contributed by atoms with Crippen molar-refractivity contribution >= 4 is 23.3 Å². The Kier molecular flexibility index (Phi) is 5.15. The molecule has 0 fully saturated rings. The minimum Gasteiger partial charge on any atom is -0.472 e. The first-order valence-corrected chi connectivity index (χ1v) is 7.08. The number of furan rings is 1. The maximum atomic E-state index is 11.7. The smallest absolute Gasteiger partial charge is 0.244 e. The fraction of sp³-hybridized carbons (Fsp3) is 0.267. The highest BCUT2D eigenvalue weighted by Crippen LogP contribution is 2.24. The number of ether oxygens (including phenoxy) is 1. The van der Waals surface area contributed by atoms with E-state index in [4.69, 9.17) is 9.15 Å². The molecule has 1 atom stereocenters. The molecule has 1 unspecified atom stereocenters. The predicted molar refractivity (Wildman–Crippen MR) is 79.6 cm³/mol. The second-order valence-corrected chi connectivity index (χ2v) is 5.63. The van der Waals surface area contributed by atoms with E-state index >= 15 is 0 Å². The van der Waals surface area contributed by atoms with Gasteiger partial charge in [0, 0.05) is 35.0 Å². The van der Waals surface area contributed by atoms with E-state index in [1.807, 2.05) is 19.1 Å². The van der Waals surface area contributed by atoms with E-state index in [2.05, 4.69) is 5.32 Å². The van der Waals surface area contributed by atoms with Crippen LogP contribution in [0.1, 0.15) is 21.4 Å². The lowest BCUT2D eigenvalue weighted by atomic mass is 10.2. The van der Waals surface area contributed by atoms with Crippen molar-refractivity contribution in [2.75, 3.05) is 13.7 Å². The van der Waals surface area contributed by atoms with Crippen LogP contribution in [0.3, 0.4) is 0 Å². The van der Waals surface area contributed by atoms with Crippen LogP contribution in [0.25, 0.3) is 6.08 Å². The van der Waals surface area contributed by atoms with Crippen molar-refractivity contribution in [1.82, 2.24) is 5.32 Å². The SMILES string of the molecule is COC(CNC(=O)/C=C/c1ccoc1)c1ccc(C)s1. The zero-order chi connectivity index (χ0) is 14.4. The quantitative estimate of drug-likeness (QED) is 0.832. The van der Waals surface area contributed by atoms with Crippen LogP contribution in [0.4, 0.5) is 0 Å². The van der Waals surface area contributed by atoms with Crippen LogP contribution in [-0.2, 0) is 9.53 Å². The summed E-state index contributed by atoms with van der Waals surface area (Å²) in [6, 6.07) is 5.87. The van der Waals surface area contributed by atoms with Crippen LogP contribution < -0.4 is 5.32 Å². The van der Waals surface area contributed by atoms with Gasteiger partial charge in [-0.1, -0.05) is 0 Å². The molecule has 0 saturated carbocycles. The third-order valence-electron chi connectivity index (χ3n) is 2.80. The minimum atomic E-state index is -0.151. The average Bonchev–Trinajstić information content (AvgIpc) is 3.09. The standard InChI is InChI=1S/C15H17NO3S/c1-11-3-5-14(20-11)13(18-2)9-16-15(17)6-4-12-7-8-19-10-12/h3-8,10,13H,9H2,1-2H3,(H,16,17)/b6-4+. The summed E-state index contributed by atoms with van der Waals surface area (Å²) in [7, 11) is 1.65. The Labute approximate surface area is 122 Å². The summed E-state index contributed by atoms with van der Waals surface area (Å²) in [6.45, 7) is 2.50. The van der Waals surface area contributed by atoms with Gasteiger partial charge in [-0.05, 0) is 31.2 Å². The Balaban J connectivity index is 1.85. The van der Waals surface area contributed by atoms with Gasteiger partial charge in [0.2, 0.25) is 5.91 Å². The summed E-state index contributed by atoms with van der Waals surface area (Å²) in [5.74, 6) is -0.151. The molecule has 1 N–H and O–H groups in total. The Bertz CT molecular complexity index is 572. The van der Waals surface area contributed by atoms with Gasteiger partial charge in [0.05, 0.1) is 12.5 Å². The highest BCUT2D eigenvalue weighted by molar-refractivity contribution is 7.12. The minimum absolute atomic E-state index is 0.111. The van der Waals surface area contributed by atoms with Crippen LogP contribution in [0.2, 0.25) is 0 Å². The van der Waals surface area contributed by atoms with Crippen LogP contribution in [0, 0.1) is 6.92 Å². The number of rotatable bonds is 6. The third kappa shape index (κ3) is 4.08. The van der Waals surface area contributed by atoms with Gasteiger partial charge in [-0.15, -0.1) is 11.3 Å². The van der Waals surface area contributed by atoms with Crippen molar-refractivity contribution in [3.63, 3.8) is 0 Å². The predicted octanol–water partition coefficient (Wildman–Crippen LogP) is 3.17. The second-order valence-electron chi connectivity index (χ2n) is 4.31. The molecule has 20 heavy (non-hydrogen) atoms. The maximum absolute atomic E-state index is 11.7. The van der Waals surface area contributed by atoms with Gasteiger partial charge in [-0.3, -0.25) is 4.79 Å².